The summed E-state index contributed by atoms with van der Waals surface area (Å²) in [6, 6.07) is 10.6. The van der Waals surface area contributed by atoms with Crippen LogP contribution in [0.4, 0.5) is 4.79 Å². The van der Waals surface area contributed by atoms with Gasteiger partial charge < -0.3 is 14.2 Å². The molecule has 0 bridgehead atoms. The Morgan fingerprint density at radius 2 is 1.75 bits per heavy atom. The molecule has 1 amide bonds. The molecule has 2 heterocycles. The molecule has 1 aliphatic heterocycles. The van der Waals surface area contributed by atoms with Gasteiger partial charge in [0.15, 0.2) is 0 Å². The molecule has 0 aliphatic carbocycles. The molecule has 1 aromatic carbocycles. The third-order valence-electron chi connectivity index (χ3n) is 4.36. The number of benzene rings is 1. The first-order chi connectivity index (χ1) is 11.4. The highest BCUT2D eigenvalue weighted by Crippen LogP contribution is 2.15. The van der Waals surface area contributed by atoms with E-state index in [1.54, 1.807) is 0 Å². The Morgan fingerprint density at radius 3 is 2.46 bits per heavy atom. The summed E-state index contributed by atoms with van der Waals surface area (Å²) in [5.74, 6) is 0. The van der Waals surface area contributed by atoms with E-state index in [1.165, 1.54) is 10.9 Å². The van der Waals surface area contributed by atoms with Gasteiger partial charge in [0.2, 0.25) is 0 Å². The maximum atomic E-state index is 12.1. The number of nitrogens with zero attached hydrogens (tertiary/aromatic N) is 3. The second kappa shape index (κ2) is 6.85. The zero-order valence-electron chi connectivity index (χ0n) is 14.9. The van der Waals surface area contributed by atoms with Gasteiger partial charge in [0.1, 0.15) is 5.60 Å². The summed E-state index contributed by atoms with van der Waals surface area (Å²) >= 11 is 0. The normalized spacial score (nSPS) is 16.5. The Morgan fingerprint density at radius 1 is 1.04 bits per heavy atom. The highest BCUT2D eigenvalue weighted by atomic mass is 16.6. The molecule has 0 spiro atoms. The standard InChI is InChI=1S/C19H27N3O2/c1-19(2,3)24-18(23)22-14-11-20(12-15-22)10-13-21-9-8-16-6-4-5-7-17(16)21/h4-9H,10-15H2,1-3H3. The summed E-state index contributed by atoms with van der Waals surface area (Å²) in [6.07, 6.45) is 1.96. The Bertz CT molecular complexity index is 694. The third-order valence-corrected chi connectivity index (χ3v) is 4.36. The van der Waals surface area contributed by atoms with Crippen molar-refractivity contribution >= 4 is 17.0 Å². The van der Waals surface area contributed by atoms with Crippen LogP contribution < -0.4 is 0 Å². The van der Waals surface area contributed by atoms with Gasteiger partial charge in [-0.05, 0) is 38.3 Å². The van der Waals surface area contributed by atoms with E-state index >= 15 is 0 Å². The van der Waals surface area contributed by atoms with Gasteiger partial charge in [-0.15, -0.1) is 0 Å². The van der Waals surface area contributed by atoms with Crippen molar-refractivity contribution in [2.45, 2.75) is 32.9 Å². The van der Waals surface area contributed by atoms with Crippen LogP contribution >= 0.6 is 0 Å². The minimum Gasteiger partial charge on any atom is -0.444 e. The lowest BCUT2D eigenvalue weighted by Gasteiger charge is -2.35. The number of aromatic nitrogens is 1. The number of para-hydroxylation sites is 1. The number of ether oxygens (including phenoxy) is 1. The second-order valence-electron chi connectivity index (χ2n) is 7.38. The maximum Gasteiger partial charge on any atom is 0.410 e. The summed E-state index contributed by atoms with van der Waals surface area (Å²) in [7, 11) is 0. The Kier molecular flexibility index (Phi) is 4.81. The molecule has 0 unspecified atom stereocenters. The van der Waals surface area contributed by atoms with Crippen molar-refractivity contribution in [3.05, 3.63) is 36.5 Å². The SMILES string of the molecule is CC(C)(C)OC(=O)N1CCN(CCn2ccc3ccccc32)CC1. The van der Waals surface area contributed by atoms with Crippen LogP contribution in [-0.4, -0.2) is 58.8 Å². The molecule has 1 saturated heterocycles. The first-order valence-electron chi connectivity index (χ1n) is 8.66. The minimum atomic E-state index is -0.427. The van der Waals surface area contributed by atoms with E-state index in [2.05, 4.69) is 46.0 Å². The first-order valence-corrected chi connectivity index (χ1v) is 8.66. The van der Waals surface area contributed by atoms with Gasteiger partial charge >= 0.3 is 6.09 Å². The molecule has 0 atom stereocenters. The van der Waals surface area contributed by atoms with Gasteiger partial charge in [-0.1, -0.05) is 18.2 Å². The van der Waals surface area contributed by atoms with Crippen molar-refractivity contribution in [2.24, 2.45) is 0 Å². The Hall–Kier alpha value is -2.01. The largest absolute Gasteiger partial charge is 0.444 e. The molecular weight excluding hydrogens is 302 g/mol. The van der Waals surface area contributed by atoms with Crippen molar-refractivity contribution in [1.82, 2.24) is 14.4 Å². The average molecular weight is 329 g/mol. The number of fused-ring (bicyclic) bond motifs is 1. The topological polar surface area (TPSA) is 37.7 Å². The molecule has 5 heteroatoms. The predicted octanol–water partition coefficient (Wildman–Crippen LogP) is 3.19. The molecule has 0 radical (unpaired) electrons. The lowest BCUT2D eigenvalue weighted by Crippen LogP contribution is -2.50. The fourth-order valence-electron chi connectivity index (χ4n) is 3.07. The number of rotatable bonds is 3. The molecule has 1 fully saturated rings. The molecular formula is C19H27N3O2. The van der Waals surface area contributed by atoms with Gasteiger partial charge in [-0.2, -0.15) is 0 Å². The number of amides is 1. The second-order valence-corrected chi connectivity index (χ2v) is 7.38. The molecule has 3 rings (SSSR count). The van der Waals surface area contributed by atoms with E-state index in [4.69, 9.17) is 4.74 Å². The van der Waals surface area contributed by atoms with Crippen LogP contribution in [0.1, 0.15) is 20.8 Å². The van der Waals surface area contributed by atoms with Gasteiger partial charge in [-0.3, -0.25) is 4.90 Å². The summed E-state index contributed by atoms with van der Waals surface area (Å²) in [5.41, 5.74) is 0.855. The zero-order valence-corrected chi connectivity index (χ0v) is 14.9. The minimum absolute atomic E-state index is 0.196. The van der Waals surface area contributed by atoms with Crippen LogP contribution in [0.15, 0.2) is 36.5 Å². The number of piperazine rings is 1. The van der Waals surface area contributed by atoms with Crippen LogP contribution in [0.5, 0.6) is 0 Å². The molecule has 2 aromatic rings. The molecule has 1 aliphatic rings. The Balaban J connectivity index is 1.48. The zero-order chi connectivity index (χ0) is 17.2. The molecule has 24 heavy (non-hydrogen) atoms. The highest BCUT2D eigenvalue weighted by Gasteiger charge is 2.25. The van der Waals surface area contributed by atoms with Gasteiger partial charge in [0.25, 0.3) is 0 Å². The van der Waals surface area contributed by atoms with Crippen LogP contribution in [0.3, 0.4) is 0 Å². The lowest BCUT2D eigenvalue weighted by atomic mass is 10.2. The fraction of sp³-hybridized carbons (Fsp3) is 0.526. The summed E-state index contributed by atoms with van der Waals surface area (Å²) in [4.78, 5) is 16.3. The van der Waals surface area contributed by atoms with E-state index in [0.29, 0.717) is 0 Å². The van der Waals surface area contributed by atoms with E-state index in [9.17, 15) is 4.79 Å². The van der Waals surface area contributed by atoms with Crippen molar-refractivity contribution in [3.63, 3.8) is 0 Å². The maximum absolute atomic E-state index is 12.1. The molecule has 1 aromatic heterocycles. The van der Waals surface area contributed by atoms with E-state index < -0.39 is 5.60 Å². The number of hydrogen-bond donors (Lipinski definition) is 0. The number of hydrogen-bond acceptors (Lipinski definition) is 3. The van der Waals surface area contributed by atoms with Gasteiger partial charge in [0, 0.05) is 51.0 Å². The quantitative estimate of drug-likeness (QED) is 0.868. The van der Waals surface area contributed by atoms with Crippen molar-refractivity contribution in [2.75, 3.05) is 32.7 Å². The van der Waals surface area contributed by atoms with Crippen LogP contribution in [0.25, 0.3) is 10.9 Å². The van der Waals surface area contributed by atoms with Crippen molar-refractivity contribution in [3.8, 4) is 0 Å². The van der Waals surface area contributed by atoms with Crippen LogP contribution in [-0.2, 0) is 11.3 Å². The lowest BCUT2D eigenvalue weighted by molar-refractivity contribution is 0.0143. The van der Waals surface area contributed by atoms with E-state index in [-0.39, 0.29) is 6.09 Å². The smallest absolute Gasteiger partial charge is 0.410 e. The third kappa shape index (κ3) is 4.09. The van der Waals surface area contributed by atoms with Crippen LogP contribution in [0.2, 0.25) is 0 Å². The van der Waals surface area contributed by atoms with Crippen molar-refractivity contribution in [1.29, 1.82) is 0 Å². The fourth-order valence-corrected chi connectivity index (χ4v) is 3.07. The first kappa shape index (κ1) is 16.8. The summed E-state index contributed by atoms with van der Waals surface area (Å²) < 4.78 is 7.75. The molecule has 0 N–H and O–H groups in total. The Labute approximate surface area is 143 Å². The van der Waals surface area contributed by atoms with E-state index in [1.807, 2.05) is 25.7 Å². The summed E-state index contributed by atoms with van der Waals surface area (Å²) in [5, 5.41) is 1.28. The highest BCUT2D eigenvalue weighted by molar-refractivity contribution is 5.79. The van der Waals surface area contributed by atoms with E-state index in [0.717, 1.165) is 39.3 Å². The van der Waals surface area contributed by atoms with Crippen molar-refractivity contribution < 1.29 is 9.53 Å². The molecule has 0 saturated carbocycles. The molecule has 5 nitrogen and oxygen atoms in total. The average Bonchev–Trinajstić information content (AvgIpc) is 2.95. The van der Waals surface area contributed by atoms with Gasteiger partial charge in [0.05, 0.1) is 0 Å². The van der Waals surface area contributed by atoms with Crippen LogP contribution in [0, 0.1) is 0 Å². The van der Waals surface area contributed by atoms with Gasteiger partial charge in [-0.25, -0.2) is 4.79 Å². The number of carbonyl (C=O) groups is 1. The predicted molar refractivity (Wildman–Crippen MR) is 96.2 cm³/mol. The number of carbonyl (C=O) groups excluding carboxylic acids is 1. The summed E-state index contributed by atoms with van der Waals surface area (Å²) in [6.45, 7) is 11.0. The molecule has 130 valence electrons. The monoisotopic (exact) mass is 329 g/mol.